The van der Waals surface area contributed by atoms with Gasteiger partial charge in [-0.2, -0.15) is 0 Å². The molecule has 0 spiro atoms. The van der Waals surface area contributed by atoms with Crippen LogP contribution in [0.2, 0.25) is 0 Å². The maximum atomic E-state index is 11.7. The Kier molecular flexibility index (Phi) is 5.16. The first-order valence-corrected chi connectivity index (χ1v) is 5.15. The highest BCUT2D eigenvalue weighted by molar-refractivity contribution is 6.45. The summed E-state index contributed by atoms with van der Waals surface area (Å²) in [4.78, 5) is 16.4. The summed E-state index contributed by atoms with van der Waals surface area (Å²) in [5.41, 5.74) is 1.83. The molecule has 0 bridgehead atoms. The van der Waals surface area contributed by atoms with Crippen molar-refractivity contribution in [1.29, 1.82) is 0 Å². The van der Waals surface area contributed by atoms with Gasteiger partial charge in [0.25, 0.3) is 5.91 Å². The molecular formula is C12H16N2O3. The quantitative estimate of drug-likeness (QED) is 0.611. The molecule has 0 heterocycles. The third kappa shape index (κ3) is 3.29. The molecule has 92 valence electrons. The third-order valence-electron chi connectivity index (χ3n) is 2.20. The summed E-state index contributed by atoms with van der Waals surface area (Å²) in [6, 6.07) is 7.41. The summed E-state index contributed by atoms with van der Waals surface area (Å²) < 4.78 is 5.08. The Hall–Kier alpha value is -1.88. The van der Waals surface area contributed by atoms with E-state index in [1.54, 1.807) is 20.2 Å². The number of nitrogens with zero attached hydrogens (tertiary/aromatic N) is 1. The first kappa shape index (κ1) is 13.2. The smallest absolute Gasteiger partial charge is 0.273 e. The van der Waals surface area contributed by atoms with E-state index in [4.69, 9.17) is 9.57 Å². The van der Waals surface area contributed by atoms with Gasteiger partial charge < -0.3 is 14.9 Å². The van der Waals surface area contributed by atoms with Gasteiger partial charge in [-0.3, -0.25) is 4.79 Å². The zero-order chi connectivity index (χ0) is 12.7. The second kappa shape index (κ2) is 6.65. The number of amides is 1. The second-order valence-electron chi connectivity index (χ2n) is 3.29. The van der Waals surface area contributed by atoms with Crippen molar-refractivity contribution in [2.24, 2.45) is 5.16 Å². The zero-order valence-electron chi connectivity index (χ0n) is 10.2. The molecule has 0 unspecified atom stereocenters. The molecule has 0 saturated carbocycles. The molecule has 5 heteroatoms. The van der Waals surface area contributed by atoms with Crippen molar-refractivity contribution >= 4 is 11.6 Å². The average molecular weight is 236 g/mol. The Balaban J connectivity index is 3.18. The van der Waals surface area contributed by atoms with E-state index < -0.39 is 0 Å². The number of hydrogen-bond donors (Lipinski definition) is 1. The van der Waals surface area contributed by atoms with Crippen LogP contribution < -0.4 is 5.32 Å². The average Bonchev–Trinajstić information content (AvgIpc) is 2.36. The van der Waals surface area contributed by atoms with Gasteiger partial charge in [-0.05, 0) is 5.56 Å². The molecule has 1 aromatic carbocycles. The lowest BCUT2D eigenvalue weighted by Gasteiger charge is -2.09. The number of hydrogen-bond acceptors (Lipinski definition) is 4. The number of benzene rings is 1. The van der Waals surface area contributed by atoms with Crippen molar-refractivity contribution in [2.45, 2.75) is 6.61 Å². The van der Waals surface area contributed by atoms with Crippen LogP contribution in [0, 0.1) is 0 Å². The Morgan fingerprint density at radius 1 is 1.35 bits per heavy atom. The standard InChI is InChI=1S/C12H16N2O3/c1-13-12(15)11(14-17-3)10-7-5-4-6-9(10)8-16-2/h4-7H,8H2,1-3H3,(H,13,15)/b14-11+. The maximum absolute atomic E-state index is 11.7. The molecule has 0 aromatic heterocycles. The van der Waals surface area contributed by atoms with Gasteiger partial charge in [0.2, 0.25) is 0 Å². The molecule has 0 fully saturated rings. The molecule has 0 radical (unpaired) electrons. The molecule has 5 nitrogen and oxygen atoms in total. The van der Waals surface area contributed by atoms with Gasteiger partial charge in [-0.25, -0.2) is 0 Å². The lowest BCUT2D eigenvalue weighted by Crippen LogP contribution is -2.29. The summed E-state index contributed by atoms with van der Waals surface area (Å²) in [7, 11) is 4.55. The van der Waals surface area contributed by atoms with E-state index in [1.165, 1.54) is 7.11 Å². The largest absolute Gasteiger partial charge is 0.398 e. The van der Waals surface area contributed by atoms with E-state index in [2.05, 4.69) is 10.5 Å². The van der Waals surface area contributed by atoms with E-state index in [9.17, 15) is 4.79 Å². The molecule has 1 aromatic rings. The van der Waals surface area contributed by atoms with Gasteiger partial charge in [0.05, 0.1) is 6.61 Å². The summed E-state index contributed by atoms with van der Waals surface area (Å²) >= 11 is 0. The third-order valence-corrected chi connectivity index (χ3v) is 2.20. The van der Waals surface area contributed by atoms with Crippen LogP contribution in [0.1, 0.15) is 11.1 Å². The molecule has 17 heavy (non-hydrogen) atoms. The number of nitrogens with one attached hydrogen (secondary N) is 1. The lowest BCUT2D eigenvalue weighted by molar-refractivity contribution is -0.114. The van der Waals surface area contributed by atoms with Crippen molar-refractivity contribution in [3.05, 3.63) is 35.4 Å². The molecular weight excluding hydrogens is 220 g/mol. The van der Waals surface area contributed by atoms with Crippen LogP contribution in [0.3, 0.4) is 0 Å². The number of likely N-dealkylation sites (N-methyl/N-ethyl adjacent to an activating group) is 1. The molecule has 0 aliphatic rings. The monoisotopic (exact) mass is 236 g/mol. The van der Waals surface area contributed by atoms with E-state index in [-0.39, 0.29) is 11.6 Å². The van der Waals surface area contributed by atoms with Gasteiger partial charge in [0, 0.05) is 19.7 Å². The molecule has 1 N–H and O–H groups in total. The predicted octanol–water partition coefficient (Wildman–Crippen LogP) is 0.929. The van der Waals surface area contributed by atoms with E-state index in [0.717, 1.165) is 5.56 Å². The molecule has 1 rings (SSSR count). The van der Waals surface area contributed by atoms with Crippen molar-refractivity contribution in [2.75, 3.05) is 21.3 Å². The summed E-state index contributed by atoms with van der Waals surface area (Å²) in [6.45, 7) is 0.413. The van der Waals surface area contributed by atoms with Crippen LogP contribution in [0.5, 0.6) is 0 Å². The molecule has 0 aliphatic carbocycles. The van der Waals surface area contributed by atoms with Crippen molar-refractivity contribution in [3.8, 4) is 0 Å². The van der Waals surface area contributed by atoms with Crippen molar-refractivity contribution < 1.29 is 14.4 Å². The minimum atomic E-state index is -0.296. The molecule has 0 aliphatic heterocycles. The topological polar surface area (TPSA) is 59.9 Å². The van der Waals surface area contributed by atoms with E-state index >= 15 is 0 Å². The number of rotatable bonds is 5. The summed E-state index contributed by atoms with van der Waals surface area (Å²) in [6.07, 6.45) is 0. The van der Waals surface area contributed by atoms with Crippen LogP contribution in [0.25, 0.3) is 0 Å². The summed E-state index contributed by atoms with van der Waals surface area (Å²) in [5.74, 6) is -0.296. The molecule has 0 atom stereocenters. The first-order valence-electron chi connectivity index (χ1n) is 5.15. The zero-order valence-corrected chi connectivity index (χ0v) is 10.2. The highest BCUT2D eigenvalue weighted by atomic mass is 16.6. The van der Waals surface area contributed by atoms with Crippen molar-refractivity contribution in [3.63, 3.8) is 0 Å². The Labute approximate surface area is 100 Å². The van der Waals surface area contributed by atoms with Gasteiger partial charge in [-0.15, -0.1) is 0 Å². The minimum absolute atomic E-state index is 0.239. The Morgan fingerprint density at radius 2 is 2.06 bits per heavy atom. The van der Waals surface area contributed by atoms with E-state index in [0.29, 0.717) is 12.2 Å². The number of carbonyl (C=O) groups is 1. The number of oxime groups is 1. The van der Waals surface area contributed by atoms with Crippen molar-refractivity contribution in [1.82, 2.24) is 5.32 Å². The van der Waals surface area contributed by atoms with Crippen LogP contribution in [0.15, 0.2) is 29.4 Å². The number of ether oxygens (including phenoxy) is 1. The maximum Gasteiger partial charge on any atom is 0.273 e. The fourth-order valence-corrected chi connectivity index (χ4v) is 1.46. The van der Waals surface area contributed by atoms with Gasteiger partial charge >= 0.3 is 0 Å². The fourth-order valence-electron chi connectivity index (χ4n) is 1.46. The number of carbonyl (C=O) groups excluding carboxylic acids is 1. The van der Waals surface area contributed by atoms with Gasteiger partial charge in [0.15, 0.2) is 5.71 Å². The normalized spacial score (nSPS) is 11.1. The van der Waals surface area contributed by atoms with Crippen LogP contribution in [-0.2, 0) is 21.0 Å². The SMILES string of the molecule is CNC(=O)/C(=N/OC)c1ccccc1COC. The second-order valence-corrected chi connectivity index (χ2v) is 3.29. The Morgan fingerprint density at radius 3 is 2.65 bits per heavy atom. The van der Waals surface area contributed by atoms with Crippen LogP contribution in [-0.4, -0.2) is 32.9 Å². The highest BCUT2D eigenvalue weighted by Crippen LogP contribution is 2.12. The number of methoxy groups -OCH3 is 1. The first-order chi connectivity index (χ1) is 8.24. The minimum Gasteiger partial charge on any atom is -0.398 e. The lowest BCUT2D eigenvalue weighted by atomic mass is 10.0. The van der Waals surface area contributed by atoms with E-state index in [1.807, 2.05) is 18.2 Å². The van der Waals surface area contributed by atoms with Crippen LogP contribution >= 0.6 is 0 Å². The van der Waals surface area contributed by atoms with Gasteiger partial charge in [-0.1, -0.05) is 29.4 Å². The van der Waals surface area contributed by atoms with Gasteiger partial charge in [0.1, 0.15) is 7.11 Å². The predicted molar refractivity (Wildman–Crippen MR) is 64.8 cm³/mol. The fraction of sp³-hybridized carbons (Fsp3) is 0.333. The highest BCUT2D eigenvalue weighted by Gasteiger charge is 2.16. The molecule has 1 amide bonds. The van der Waals surface area contributed by atoms with Crippen LogP contribution in [0.4, 0.5) is 0 Å². The summed E-state index contributed by atoms with van der Waals surface area (Å²) in [5, 5.41) is 6.28. The molecule has 0 saturated heterocycles. The Bertz CT molecular complexity index is 416.